The van der Waals surface area contributed by atoms with Crippen LogP contribution in [0.5, 0.6) is 0 Å². The van der Waals surface area contributed by atoms with E-state index in [9.17, 15) is 9.90 Å². The van der Waals surface area contributed by atoms with Crippen molar-refractivity contribution in [1.82, 2.24) is 0 Å². The van der Waals surface area contributed by atoms with Gasteiger partial charge >= 0.3 is 5.97 Å². The fourth-order valence-corrected chi connectivity index (χ4v) is 2.97. The van der Waals surface area contributed by atoms with Crippen LogP contribution in [0.3, 0.4) is 0 Å². The molecule has 0 spiro atoms. The number of carbonyl (C=O) groups is 1. The number of esters is 1. The summed E-state index contributed by atoms with van der Waals surface area (Å²) in [5.41, 5.74) is 2.89. The molecule has 3 rings (SSSR count). The van der Waals surface area contributed by atoms with Gasteiger partial charge in [-0.25, -0.2) is 4.79 Å². The van der Waals surface area contributed by atoms with Gasteiger partial charge in [0.15, 0.2) is 0 Å². The van der Waals surface area contributed by atoms with Crippen molar-refractivity contribution >= 4 is 5.97 Å². The van der Waals surface area contributed by atoms with Crippen molar-refractivity contribution in [2.75, 3.05) is 0 Å². The summed E-state index contributed by atoms with van der Waals surface area (Å²) in [6.45, 7) is 1.98. The monoisotopic (exact) mass is 232 g/mol. The predicted molar refractivity (Wildman–Crippen MR) is 63.0 cm³/mol. The Balaban J connectivity index is 2.03. The van der Waals surface area contributed by atoms with Crippen molar-refractivity contribution in [3.8, 4) is 0 Å². The highest BCUT2D eigenvalue weighted by Gasteiger charge is 2.39. The molecule has 1 aliphatic carbocycles. The average Bonchev–Trinajstić information content (AvgIpc) is 2.29. The van der Waals surface area contributed by atoms with Gasteiger partial charge in [-0.05, 0) is 31.4 Å². The molecule has 1 aromatic rings. The second-order valence-electron chi connectivity index (χ2n) is 5.11. The van der Waals surface area contributed by atoms with Gasteiger partial charge in [0.2, 0.25) is 0 Å². The molecule has 0 bridgehead atoms. The summed E-state index contributed by atoms with van der Waals surface area (Å²) < 4.78 is 5.44. The molecule has 1 fully saturated rings. The fourth-order valence-electron chi connectivity index (χ4n) is 2.97. The van der Waals surface area contributed by atoms with E-state index >= 15 is 0 Å². The largest absolute Gasteiger partial charge is 0.458 e. The second kappa shape index (κ2) is 3.84. The Morgan fingerprint density at radius 2 is 2.18 bits per heavy atom. The maximum absolute atomic E-state index is 11.9. The Hall–Kier alpha value is -1.35. The summed E-state index contributed by atoms with van der Waals surface area (Å²) in [5, 5.41) is 9.64. The van der Waals surface area contributed by atoms with Crippen molar-refractivity contribution < 1.29 is 14.6 Å². The minimum absolute atomic E-state index is 0.138. The molecule has 90 valence electrons. The van der Waals surface area contributed by atoms with Crippen LogP contribution in [0.15, 0.2) is 18.2 Å². The molecule has 3 nitrogen and oxygen atoms in total. The fraction of sp³-hybridized carbons (Fsp3) is 0.500. The molecule has 0 radical (unpaired) electrons. The lowest BCUT2D eigenvalue weighted by Crippen LogP contribution is -2.38. The summed E-state index contributed by atoms with van der Waals surface area (Å²) in [5.74, 6) is 0.0331. The highest BCUT2D eigenvalue weighted by Crippen LogP contribution is 2.40. The third kappa shape index (κ3) is 1.75. The van der Waals surface area contributed by atoms with Crippen LogP contribution >= 0.6 is 0 Å². The lowest BCUT2D eigenvalue weighted by molar-refractivity contribution is -0.0181. The number of ether oxygens (including phenoxy) is 1. The number of rotatable bonds is 0. The van der Waals surface area contributed by atoms with Crippen LogP contribution in [0.25, 0.3) is 0 Å². The molecule has 1 N–H and O–H groups in total. The van der Waals surface area contributed by atoms with Crippen molar-refractivity contribution in [3.63, 3.8) is 0 Å². The Bertz CT molecular complexity index is 467. The van der Waals surface area contributed by atoms with E-state index in [1.165, 1.54) is 0 Å². The minimum atomic E-state index is -0.323. The van der Waals surface area contributed by atoms with E-state index in [-0.39, 0.29) is 24.1 Å². The topological polar surface area (TPSA) is 46.5 Å². The first-order valence-electron chi connectivity index (χ1n) is 6.15. The number of carbonyl (C=O) groups excluding carboxylic acids is 1. The standard InChI is InChI=1S/C14H16O3/c1-8-2-4-10-11-5-3-9(15)7-13(11)17-14(16)12(10)6-8/h2,4,6,9,11,13,15H,3,5,7H2,1H3/t9-,11+,13-/m0/s1. The van der Waals surface area contributed by atoms with Gasteiger partial charge in [0.05, 0.1) is 11.7 Å². The zero-order valence-electron chi connectivity index (χ0n) is 9.85. The zero-order chi connectivity index (χ0) is 12.0. The number of fused-ring (bicyclic) bond motifs is 3. The third-order valence-electron chi connectivity index (χ3n) is 3.85. The molecular weight excluding hydrogens is 216 g/mol. The van der Waals surface area contributed by atoms with E-state index in [2.05, 4.69) is 0 Å². The lowest BCUT2D eigenvalue weighted by Gasteiger charge is -2.38. The molecule has 17 heavy (non-hydrogen) atoms. The molecular formula is C14H16O3. The van der Waals surface area contributed by atoms with Crippen LogP contribution in [-0.2, 0) is 4.74 Å². The second-order valence-corrected chi connectivity index (χ2v) is 5.11. The maximum atomic E-state index is 11.9. The van der Waals surface area contributed by atoms with Gasteiger partial charge in [-0.3, -0.25) is 0 Å². The molecule has 0 amide bonds. The van der Waals surface area contributed by atoms with Crippen LogP contribution in [0.4, 0.5) is 0 Å². The summed E-state index contributed by atoms with van der Waals surface area (Å²) in [7, 11) is 0. The van der Waals surface area contributed by atoms with Gasteiger partial charge in [0.1, 0.15) is 6.10 Å². The number of hydrogen-bond acceptors (Lipinski definition) is 3. The smallest absolute Gasteiger partial charge is 0.338 e. The van der Waals surface area contributed by atoms with Crippen LogP contribution in [0, 0.1) is 6.92 Å². The maximum Gasteiger partial charge on any atom is 0.338 e. The van der Waals surface area contributed by atoms with Crippen molar-refractivity contribution in [1.29, 1.82) is 0 Å². The molecule has 1 aromatic carbocycles. The number of aliphatic hydroxyl groups is 1. The molecule has 3 atom stereocenters. The molecule has 0 saturated heterocycles. The van der Waals surface area contributed by atoms with Gasteiger partial charge in [-0.15, -0.1) is 0 Å². The minimum Gasteiger partial charge on any atom is -0.458 e. The van der Waals surface area contributed by atoms with Gasteiger partial charge in [0, 0.05) is 12.3 Å². The molecule has 3 heteroatoms. The van der Waals surface area contributed by atoms with Gasteiger partial charge < -0.3 is 9.84 Å². The van der Waals surface area contributed by atoms with Crippen LogP contribution < -0.4 is 0 Å². The Kier molecular flexibility index (Phi) is 2.44. The van der Waals surface area contributed by atoms with E-state index in [1.807, 2.05) is 25.1 Å². The highest BCUT2D eigenvalue weighted by atomic mass is 16.5. The van der Waals surface area contributed by atoms with Gasteiger partial charge in [0.25, 0.3) is 0 Å². The molecule has 1 heterocycles. The zero-order valence-corrected chi connectivity index (χ0v) is 9.85. The van der Waals surface area contributed by atoms with Crippen molar-refractivity contribution in [3.05, 3.63) is 34.9 Å². The summed E-state index contributed by atoms with van der Waals surface area (Å²) in [4.78, 5) is 11.9. The normalized spacial score (nSPS) is 31.4. The average molecular weight is 232 g/mol. The first-order chi connectivity index (χ1) is 8.15. The molecule has 2 aliphatic rings. The van der Waals surface area contributed by atoms with E-state index in [4.69, 9.17) is 4.74 Å². The summed E-state index contributed by atoms with van der Waals surface area (Å²) in [6, 6.07) is 5.99. The molecule has 0 unspecified atom stereocenters. The van der Waals surface area contributed by atoms with Gasteiger partial charge in [-0.1, -0.05) is 17.7 Å². The Morgan fingerprint density at radius 1 is 1.35 bits per heavy atom. The predicted octanol–water partition coefficient (Wildman–Crippen LogP) is 2.16. The quantitative estimate of drug-likeness (QED) is 0.697. The first kappa shape index (κ1) is 10.8. The molecule has 1 saturated carbocycles. The summed E-state index contributed by atoms with van der Waals surface area (Å²) in [6.07, 6.45) is 1.81. The van der Waals surface area contributed by atoms with Crippen LogP contribution in [-0.4, -0.2) is 23.3 Å². The number of aryl methyl sites for hydroxylation is 1. The Labute approximate surface area is 100 Å². The Morgan fingerprint density at radius 3 is 3.00 bits per heavy atom. The first-order valence-corrected chi connectivity index (χ1v) is 6.15. The lowest BCUT2D eigenvalue weighted by atomic mass is 9.77. The van der Waals surface area contributed by atoms with Crippen molar-refractivity contribution in [2.45, 2.75) is 44.3 Å². The van der Waals surface area contributed by atoms with E-state index in [0.717, 1.165) is 24.0 Å². The summed E-state index contributed by atoms with van der Waals surface area (Å²) >= 11 is 0. The molecule has 1 aliphatic heterocycles. The molecule has 0 aromatic heterocycles. The van der Waals surface area contributed by atoms with Gasteiger partial charge in [-0.2, -0.15) is 0 Å². The van der Waals surface area contributed by atoms with Crippen LogP contribution in [0.1, 0.15) is 46.7 Å². The number of benzene rings is 1. The van der Waals surface area contributed by atoms with E-state index in [0.29, 0.717) is 12.0 Å². The SMILES string of the molecule is Cc1ccc2c(c1)C(=O)O[C@H]1C[C@@H](O)CC[C@H]21. The van der Waals surface area contributed by atoms with Crippen molar-refractivity contribution in [2.24, 2.45) is 0 Å². The number of hydrogen-bond donors (Lipinski definition) is 1. The van der Waals surface area contributed by atoms with E-state index in [1.54, 1.807) is 0 Å². The van der Waals surface area contributed by atoms with Crippen LogP contribution in [0.2, 0.25) is 0 Å². The number of aliphatic hydroxyl groups excluding tert-OH is 1. The highest BCUT2D eigenvalue weighted by molar-refractivity contribution is 5.92. The van der Waals surface area contributed by atoms with E-state index < -0.39 is 0 Å². The third-order valence-corrected chi connectivity index (χ3v) is 3.85.